The van der Waals surface area contributed by atoms with E-state index in [4.69, 9.17) is 11.6 Å². The first-order valence-electron chi connectivity index (χ1n) is 7.32. The fourth-order valence-electron chi connectivity index (χ4n) is 2.28. The van der Waals surface area contributed by atoms with E-state index in [1.54, 1.807) is 17.2 Å². The summed E-state index contributed by atoms with van der Waals surface area (Å²) in [6.45, 7) is 6.28. The Hall–Kier alpha value is -2.14. The lowest BCUT2D eigenvalue weighted by atomic mass is 10.2. The second-order valence-electron chi connectivity index (χ2n) is 5.40. The van der Waals surface area contributed by atoms with Crippen LogP contribution in [-0.4, -0.2) is 25.8 Å². The lowest BCUT2D eigenvalue weighted by Crippen LogP contribution is -2.14. The fraction of sp³-hybridized carbons (Fsp3) is 0.312. The summed E-state index contributed by atoms with van der Waals surface area (Å²) in [5.41, 5.74) is 2.78. The zero-order chi connectivity index (χ0) is 15.7. The van der Waals surface area contributed by atoms with Crippen molar-refractivity contribution >= 4 is 28.5 Å². The van der Waals surface area contributed by atoms with E-state index in [1.807, 2.05) is 25.1 Å². The molecule has 0 spiro atoms. The van der Waals surface area contributed by atoms with Gasteiger partial charge < -0.3 is 5.32 Å². The van der Waals surface area contributed by atoms with Gasteiger partial charge in [-0.3, -0.25) is 0 Å². The molecule has 0 amide bonds. The second-order valence-corrected chi connectivity index (χ2v) is 5.84. The highest BCUT2D eigenvalue weighted by Gasteiger charge is 2.13. The number of anilines is 1. The lowest BCUT2D eigenvalue weighted by molar-refractivity contribution is 0.760. The molecule has 1 atom stereocenters. The predicted molar refractivity (Wildman–Crippen MR) is 89.8 cm³/mol. The summed E-state index contributed by atoms with van der Waals surface area (Å²) in [6, 6.07) is 6.09. The predicted octanol–water partition coefficient (Wildman–Crippen LogP) is 3.99. The fourth-order valence-corrected chi connectivity index (χ4v) is 2.45. The summed E-state index contributed by atoms with van der Waals surface area (Å²) in [6.07, 6.45) is 4.37. The van der Waals surface area contributed by atoms with Crippen LogP contribution in [0.15, 0.2) is 30.7 Å². The van der Waals surface area contributed by atoms with Gasteiger partial charge in [-0.2, -0.15) is 5.10 Å². The number of rotatable bonds is 4. The summed E-state index contributed by atoms with van der Waals surface area (Å²) in [5, 5.41) is 9.45. The molecular formula is C16H18ClN5. The highest BCUT2D eigenvalue weighted by molar-refractivity contribution is 6.30. The van der Waals surface area contributed by atoms with Gasteiger partial charge in [0.2, 0.25) is 0 Å². The molecule has 1 N–H and O–H groups in total. The quantitative estimate of drug-likeness (QED) is 0.791. The van der Waals surface area contributed by atoms with Gasteiger partial charge in [0.15, 0.2) is 5.65 Å². The molecule has 6 heteroatoms. The molecule has 0 bridgehead atoms. The molecule has 0 aliphatic heterocycles. The highest BCUT2D eigenvalue weighted by Crippen LogP contribution is 2.25. The number of benzene rings is 1. The molecule has 0 aliphatic rings. The van der Waals surface area contributed by atoms with Crippen molar-refractivity contribution in [3.8, 4) is 5.69 Å². The maximum absolute atomic E-state index is 6.12. The van der Waals surface area contributed by atoms with E-state index in [0.29, 0.717) is 11.1 Å². The van der Waals surface area contributed by atoms with Crippen molar-refractivity contribution in [1.82, 2.24) is 19.7 Å². The van der Waals surface area contributed by atoms with Crippen molar-refractivity contribution in [1.29, 1.82) is 0 Å². The van der Waals surface area contributed by atoms with Crippen LogP contribution in [-0.2, 0) is 0 Å². The van der Waals surface area contributed by atoms with Crippen LogP contribution in [0.4, 0.5) is 5.82 Å². The number of aromatic nitrogens is 4. The number of aryl methyl sites for hydroxylation is 1. The largest absolute Gasteiger partial charge is 0.367 e. The Morgan fingerprint density at radius 1 is 1.32 bits per heavy atom. The van der Waals surface area contributed by atoms with Crippen LogP contribution < -0.4 is 5.32 Å². The van der Waals surface area contributed by atoms with Gasteiger partial charge in [0.05, 0.1) is 17.3 Å². The minimum Gasteiger partial charge on any atom is -0.367 e. The molecule has 1 aromatic carbocycles. The van der Waals surface area contributed by atoms with Gasteiger partial charge in [0, 0.05) is 11.1 Å². The van der Waals surface area contributed by atoms with E-state index in [9.17, 15) is 0 Å². The minimum absolute atomic E-state index is 0.342. The summed E-state index contributed by atoms with van der Waals surface area (Å²) >= 11 is 6.12. The van der Waals surface area contributed by atoms with Gasteiger partial charge in [-0.05, 0) is 38.0 Å². The SMILES string of the molecule is CC[C@H](C)Nc1ncnc2c1cnn2-c1cc(Cl)ccc1C. The average molecular weight is 316 g/mol. The van der Waals surface area contributed by atoms with Gasteiger partial charge in [-0.1, -0.05) is 24.6 Å². The number of hydrogen-bond donors (Lipinski definition) is 1. The van der Waals surface area contributed by atoms with Crippen molar-refractivity contribution in [2.45, 2.75) is 33.2 Å². The Bertz CT molecular complexity index is 811. The maximum Gasteiger partial charge on any atom is 0.168 e. The monoisotopic (exact) mass is 315 g/mol. The van der Waals surface area contributed by atoms with E-state index >= 15 is 0 Å². The van der Waals surface area contributed by atoms with Crippen molar-refractivity contribution in [3.05, 3.63) is 41.3 Å². The van der Waals surface area contributed by atoms with Crippen LogP contribution in [0, 0.1) is 6.92 Å². The Labute approximate surface area is 134 Å². The number of hydrogen-bond acceptors (Lipinski definition) is 4. The van der Waals surface area contributed by atoms with Crippen LogP contribution in [0.3, 0.4) is 0 Å². The Morgan fingerprint density at radius 3 is 2.91 bits per heavy atom. The molecule has 22 heavy (non-hydrogen) atoms. The van der Waals surface area contributed by atoms with Crippen molar-refractivity contribution in [2.75, 3.05) is 5.32 Å². The van der Waals surface area contributed by atoms with Crippen LogP contribution in [0.1, 0.15) is 25.8 Å². The third kappa shape index (κ3) is 2.64. The van der Waals surface area contributed by atoms with Crippen LogP contribution in [0.5, 0.6) is 0 Å². The van der Waals surface area contributed by atoms with Crippen molar-refractivity contribution in [2.24, 2.45) is 0 Å². The molecule has 0 radical (unpaired) electrons. The zero-order valence-corrected chi connectivity index (χ0v) is 13.6. The molecule has 2 aromatic heterocycles. The molecule has 0 unspecified atom stereocenters. The van der Waals surface area contributed by atoms with Gasteiger partial charge >= 0.3 is 0 Å². The van der Waals surface area contributed by atoms with E-state index in [-0.39, 0.29) is 0 Å². The molecule has 3 aromatic rings. The van der Waals surface area contributed by atoms with Gasteiger partial charge in [-0.25, -0.2) is 14.6 Å². The minimum atomic E-state index is 0.342. The normalized spacial score (nSPS) is 12.5. The standard InChI is InChI=1S/C16H18ClN5/c1-4-11(3)21-15-13-8-20-22(16(13)19-9-18-15)14-7-12(17)6-5-10(14)2/h5-9,11H,4H2,1-3H3,(H,18,19,21)/t11-/m0/s1. The van der Waals surface area contributed by atoms with Crippen LogP contribution >= 0.6 is 11.6 Å². The number of nitrogens with one attached hydrogen (secondary N) is 1. The smallest absolute Gasteiger partial charge is 0.168 e. The zero-order valence-electron chi connectivity index (χ0n) is 12.8. The summed E-state index contributed by atoms with van der Waals surface area (Å²) in [5.74, 6) is 0.810. The van der Waals surface area contributed by atoms with E-state index in [1.165, 1.54) is 0 Å². The molecule has 0 saturated heterocycles. The number of halogens is 1. The molecule has 5 nitrogen and oxygen atoms in total. The molecule has 114 valence electrons. The van der Waals surface area contributed by atoms with Gasteiger partial charge in [0.25, 0.3) is 0 Å². The van der Waals surface area contributed by atoms with Gasteiger partial charge in [-0.15, -0.1) is 0 Å². The van der Waals surface area contributed by atoms with E-state index < -0.39 is 0 Å². The first kappa shape index (κ1) is 14.8. The Balaban J connectivity index is 2.13. The molecule has 3 rings (SSSR count). The molecule has 0 aliphatic carbocycles. The summed E-state index contributed by atoms with van der Waals surface area (Å²) in [4.78, 5) is 8.73. The van der Waals surface area contributed by atoms with Crippen LogP contribution in [0.2, 0.25) is 5.02 Å². The highest BCUT2D eigenvalue weighted by atomic mass is 35.5. The molecule has 0 fully saturated rings. The molecule has 0 saturated carbocycles. The summed E-state index contributed by atoms with van der Waals surface area (Å²) in [7, 11) is 0. The van der Waals surface area contributed by atoms with Crippen LogP contribution in [0.25, 0.3) is 16.7 Å². The molecule has 2 heterocycles. The molecular weight excluding hydrogens is 298 g/mol. The number of fused-ring (bicyclic) bond motifs is 1. The average Bonchev–Trinajstić information content (AvgIpc) is 2.94. The Morgan fingerprint density at radius 2 is 2.14 bits per heavy atom. The first-order valence-corrected chi connectivity index (χ1v) is 7.69. The van der Waals surface area contributed by atoms with E-state index in [0.717, 1.165) is 34.5 Å². The van der Waals surface area contributed by atoms with Crippen molar-refractivity contribution < 1.29 is 0 Å². The van der Waals surface area contributed by atoms with E-state index in [2.05, 4.69) is 34.2 Å². The third-order valence-corrected chi connectivity index (χ3v) is 4.00. The summed E-state index contributed by atoms with van der Waals surface area (Å²) < 4.78 is 1.81. The second kappa shape index (κ2) is 5.93. The topological polar surface area (TPSA) is 55.6 Å². The van der Waals surface area contributed by atoms with Crippen molar-refractivity contribution in [3.63, 3.8) is 0 Å². The number of nitrogens with zero attached hydrogens (tertiary/aromatic N) is 4. The third-order valence-electron chi connectivity index (χ3n) is 3.76. The van der Waals surface area contributed by atoms with Gasteiger partial charge in [0.1, 0.15) is 12.1 Å². The maximum atomic E-state index is 6.12. The first-order chi connectivity index (χ1) is 10.6. The lowest BCUT2D eigenvalue weighted by Gasteiger charge is -2.12. The Kier molecular flexibility index (Phi) is 3.98.